The van der Waals surface area contributed by atoms with Crippen molar-refractivity contribution in [1.82, 2.24) is 0 Å². The maximum Gasteiger partial charge on any atom is 0.333 e. The highest BCUT2D eigenvalue weighted by molar-refractivity contribution is 5.87. The molecule has 3 saturated carbocycles. The zero-order chi connectivity index (χ0) is 14.5. The van der Waals surface area contributed by atoms with E-state index in [9.17, 15) is 4.79 Å². The Morgan fingerprint density at radius 3 is 2.60 bits per heavy atom. The van der Waals surface area contributed by atoms with Crippen molar-refractivity contribution in [1.29, 1.82) is 0 Å². The lowest BCUT2D eigenvalue weighted by molar-refractivity contribution is -0.163. The van der Waals surface area contributed by atoms with E-state index < -0.39 is 0 Å². The predicted molar refractivity (Wildman–Crippen MR) is 80.1 cm³/mol. The number of esters is 1. The molecule has 0 heterocycles. The van der Waals surface area contributed by atoms with Gasteiger partial charge in [0.2, 0.25) is 0 Å². The lowest BCUT2D eigenvalue weighted by Gasteiger charge is -2.40. The average molecular weight is 276 g/mol. The second kappa shape index (κ2) is 4.89. The number of hydrogen-bond donors (Lipinski definition) is 0. The Hall–Kier alpha value is -0.790. The Morgan fingerprint density at radius 2 is 1.95 bits per heavy atom. The molecule has 0 radical (unpaired) electrons. The standard InChI is InChI=1S/C18H28O2/c1-5-18(20-17(19)11(2)3)10-15-9-16(18)12(4)13-6-7-14(15)8-13/h12-16H,2,5-10H2,1,3-4H3. The van der Waals surface area contributed by atoms with Gasteiger partial charge in [-0.2, -0.15) is 0 Å². The first-order valence-electron chi connectivity index (χ1n) is 8.35. The van der Waals surface area contributed by atoms with Crippen molar-refractivity contribution in [2.24, 2.45) is 29.6 Å². The summed E-state index contributed by atoms with van der Waals surface area (Å²) in [4.78, 5) is 12.1. The van der Waals surface area contributed by atoms with Crippen LogP contribution < -0.4 is 0 Å². The molecule has 0 aromatic heterocycles. The molecule has 20 heavy (non-hydrogen) atoms. The summed E-state index contributed by atoms with van der Waals surface area (Å²) >= 11 is 0. The Bertz CT molecular complexity index is 423. The van der Waals surface area contributed by atoms with Crippen LogP contribution in [0.2, 0.25) is 0 Å². The molecule has 3 fully saturated rings. The Labute approximate surface area is 123 Å². The molecule has 2 heteroatoms. The third-order valence-corrected chi connectivity index (χ3v) is 6.64. The van der Waals surface area contributed by atoms with Crippen LogP contribution in [0.15, 0.2) is 12.2 Å². The van der Waals surface area contributed by atoms with Crippen molar-refractivity contribution in [3.8, 4) is 0 Å². The summed E-state index contributed by atoms with van der Waals surface area (Å²) in [7, 11) is 0. The zero-order valence-corrected chi connectivity index (χ0v) is 13.2. The summed E-state index contributed by atoms with van der Waals surface area (Å²) in [5.41, 5.74) is 0.328. The molecule has 3 rings (SSSR count). The van der Waals surface area contributed by atoms with Gasteiger partial charge >= 0.3 is 5.97 Å². The monoisotopic (exact) mass is 276 g/mol. The zero-order valence-electron chi connectivity index (χ0n) is 13.2. The van der Waals surface area contributed by atoms with E-state index in [0.717, 1.165) is 30.6 Å². The molecule has 0 amide bonds. The van der Waals surface area contributed by atoms with Gasteiger partial charge in [-0.3, -0.25) is 0 Å². The molecule has 0 aromatic rings. The summed E-state index contributed by atoms with van der Waals surface area (Å²) in [5.74, 6) is 3.63. The second-order valence-corrected chi connectivity index (χ2v) is 7.59. The van der Waals surface area contributed by atoms with E-state index in [1.807, 2.05) is 0 Å². The second-order valence-electron chi connectivity index (χ2n) is 7.59. The molecular formula is C18H28O2. The molecular weight excluding hydrogens is 248 g/mol. The summed E-state index contributed by atoms with van der Waals surface area (Å²) in [5, 5.41) is 0. The highest BCUT2D eigenvalue weighted by Gasteiger charge is 2.57. The highest BCUT2D eigenvalue weighted by Crippen LogP contribution is 2.60. The fourth-order valence-corrected chi connectivity index (χ4v) is 5.43. The summed E-state index contributed by atoms with van der Waals surface area (Å²) in [6, 6.07) is 0. The van der Waals surface area contributed by atoms with Gasteiger partial charge in [0.1, 0.15) is 5.60 Å². The number of fused-ring (bicyclic) bond motifs is 5. The van der Waals surface area contributed by atoms with Crippen molar-refractivity contribution < 1.29 is 9.53 Å². The lowest BCUT2D eigenvalue weighted by Crippen LogP contribution is -2.43. The molecule has 6 unspecified atom stereocenters. The van der Waals surface area contributed by atoms with Gasteiger partial charge in [-0.1, -0.05) is 20.4 Å². The minimum atomic E-state index is -0.207. The normalized spacial score (nSPS) is 46.0. The van der Waals surface area contributed by atoms with Crippen LogP contribution in [0.1, 0.15) is 59.3 Å². The van der Waals surface area contributed by atoms with E-state index in [1.54, 1.807) is 6.92 Å². The molecule has 4 bridgehead atoms. The third-order valence-electron chi connectivity index (χ3n) is 6.64. The lowest BCUT2D eigenvalue weighted by atomic mass is 9.73. The first kappa shape index (κ1) is 14.2. The van der Waals surface area contributed by atoms with Crippen molar-refractivity contribution in [3.63, 3.8) is 0 Å². The Balaban J connectivity index is 1.89. The van der Waals surface area contributed by atoms with Crippen LogP contribution in [0.5, 0.6) is 0 Å². The average Bonchev–Trinajstić information content (AvgIpc) is 2.99. The molecule has 3 aliphatic rings. The number of ether oxygens (including phenoxy) is 1. The molecule has 0 saturated heterocycles. The summed E-state index contributed by atoms with van der Waals surface area (Å²) in [6.07, 6.45) is 7.55. The Morgan fingerprint density at radius 1 is 1.25 bits per heavy atom. The van der Waals surface area contributed by atoms with Gasteiger partial charge in [0, 0.05) is 11.5 Å². The van der Waals surface area contributed by atoms with Crippen LogP contribution in [0.4, 0.5) is 0 Å². The van der Waals surface area contributed by atoms with Crippen molar-refractivity contribution in [3.05, 3.63) is 12.2 Å². The quantitative estimate of drug-likeness (QED) is 0.566. The van der Waals surface area contributed by atoms with Crippen LogP contribution in [0, 0.1) is 29.6 Å². The van der Waals surface area contributed by atoms with E-state index >= 15 is 0 Å². The van der Waals surface area contributed by atoms with Gasteiger partial charge in [-0.15, -0.1) is 0 Å². The van der Waals surface area contributed by atoms with E-state index in [2.05, 4.69) is 20.4 Å². The van der Waals surface area contributed by atoms with E-state index in [4.69, 9.17) is 4.74 Å². The van der Waals surface area contributed by atoms with Crippen LogP contribution in [-0.2, 0) is 9.53 Å². The van der Waals surface area contributed by atoms with E-state index in [-0.39, 0.29) is 11.6 Å². The first-order chi connectivity index (χ1) is 9.47. The van der Waals surface area contributed by atoms with Crippen molar-refractivity contribution in [2.45, 2.75) is 64.9 Å². The maximum absolute atomic E-state index is 12.1. The van der Waals surface area contributed by atoms with Crippen molar-refractivity contribution in [2.75, 3.05) is 0 Å². The van der Waals surface area contributed by atoms with Gasteiger partial charge in [0.15, 0.2) is 0 Å². The number of hydrogen-bond acceptors (Lipinski definition) is 2. The van der Waals surface area contributed by atoms with E-state index in [1.165, 1.54) is 25.7 Å². The molecule has 0 spiro atoms. The van der Waals surface area contributed by atoms with Crippen LogP contribution in [0.25, 0.3) is 0 Å². The van der Waals surface area contributed by atoms with Crippen LogP contribution in [-0.4, -0.2) is 11.6 Å². The maximum atomic E-state index is 12.1. The summed E-state index contributed by atoms with van der Waals surface area (Å²) < 4.78 is 6.04. The van der Waals surface area contributed by atoms with Crippen LogP contribution in [0.3, 0.4) is 0 Å². The fraction of sp³-hybridized carbons (Fsp3) is 0.833. The van der Waals surface area contributed by atoms with Gasteiger partial charge in [-0.25, -0.2) is 4.79 Å². The highest BCUT2D eigenvalue weighted by atomic mass is 16.6. The van der Waals surface area contributed by atoms with Gasteiger partial charge in [-0.05, 0) is 69.1 Å². The molecule has 0 N–H and O–H groups in total. The minimum Gasteiger partial charge on any atom is -0.455 e. The van der Waals surface area contributed by atoms with Crippen molar-refractivity contribution >= 4 is 5.97 Å². The topological polar surface area (TPSA) is 26.3 Å². The molecule has 0 aliphatic heterocycles. The first-order valence-corrected chi connectivity index (χ1v) is 8.35. The van der Waals surface area contributed by atoms with E-state index in [0.29, 0.717) is 17.4 Å². The number of carbonyl (C=O) groups excluding carboxylic acids is 1. The fourth-order valence-electron chi connectivity index (χ4n) is 5.43. The summed E-state index contributed by atoms with van der Waals surface area (Å²) in [6.45, 7) is 10.1. The molecule has 3 aliphatic carbocycles. The smallest absolute Gasteiger partial charge is 0.333 e. The minimum absolute atomic E-state index is 0.183. The van der Waals surface area contributed by atoms with Gasteiger partial charge in [0.05, 0.1) is 0 Å². The molecule has 2 nitrogen and oxygen atoms in total. The number of rotatable bonds is 3. The third kappa shape index (κ3) is 2.03. The SMILES string of the molecule is C=C(C)C(=O)OC1(CC)CC2CC1C(C)C1CCC2C1. The largest absolute Gasteiger partial charge is 0.455 e. The number of carbonyl (C=O) groups is 1. The Kier molecular flexibility index (Phi) is 3.46. The predicted octanol–water partition coefficient (Wildman–Crippen LogP) is 4.35. The molecule has 0 aromatic carbocycles. The molecule has 6 atom stereocenters. The van der Waals surface area contributed by atoms with Gasteiger partial charge < -0.3 is 4.74 Å². The molecule has 112 valence electrons. The van der Waals surface area contributed by atoms with Crippen LogP contribution >= 0.6 is 0 Å². The van der Waals surface area contributed by atoms with Gasteiger partial charge in [0.25, 0.3) is 0 Å².